The lowest BCUT2D eigenvalue weighted by molar-refractivity contribution is 0.102. The molecule has 0 spiro atoms. The molecule has 0 bridgehead atoms. The number of aromatic nitrogens is 2. The summed E-state index contributed by atoms with van der Waals surface area (Å²) in [4.78, 5) is 12.6. The Labute approximate surface area is 174 Å². The van der Waals surface area contributed by atoms with Gasteiger partial charge < -0.3 is 4.42 Å². The Balaban J connectivity index is 1.62. The number of sulfone groups is 2. The van der Waals surface area contributed by atoms with Crippen LogP contribution in [0.25, 0.3) is 0 Å². The molecule has 0 aliphatic rings. The summed E-state index contributed by atoms with van der Waals surface area (Å²) in [6.07, 6.45) is -0.0102. The summed E-state index contributed by atoms with van der Waals surface area (Å²) < 4.78 is 53.5. The van der Waals surface area contributed by atoms with Crippen LogP contribution in [0, 0.1) is 0 Å². The fourth-order valence-electron chi connectivity index (χ4n) is 2.52. The van der Waals surface area contributed by atoms with E-state index in [1.807, 2.05) is 0 Å². The summed E-state index contributed by atoms with van der Waals surface area (Å²) >= 11 is 0. The van der Waals surface area contributed by atoms with Crippen LogP contribution in [0.4, 0.5) is 6.01 Å². The molecular weight excluding hydrogens is 430 g/mol. The third-order valence-electron chi connectivity index (χ3n) is 4.23. The third-order valence-corrected chi connectivity index (χ3v) is 7.71. The van der Waals surface area contributed by atoms with Crippen molar-refractivity contribution in [2.45, 2.75) is 23.1 Å². The predicted octanol–water partition coefficient (Wildman–Crippen LogP) is 2.13. The highest BCUT2D eigenvalue weighted by molar-refractivity contribution is 7.91. The molecule has 0 radical (unpaired) electrons. The summed E-state index contributed by atoms with van der Waals surface area (Å²) in [6.45, 7) is 1.54. The van der Waals surface area contributed by atoms with Gasteiger partial charge in [-0.2, -0.15) is 0 Å². The number of carbonyl (C=O) groups is 1. The van der Waals surface area contributed by atoms with Crippen LogP contribution in [0.2, 0.25) is 0 Å². The second kappa shape index (κ2) is 8.76. The quantitative estimate of drug-likeness (QED) is 0.552. The Hall–Kier alpha value is -3.05. The van der Waals surface area contributed by atoms with Gasteiger partial charge in [0.2, 0.25) is 5.89 Å². The summed E-state index contributed by atoms with van der Waals surface area (Å²) in [7, 11) is -6.85. The zero-order valence-electron chi connectivity index (χ0n) is 16.0. The monoisotopic (exact) mass is 449 g/mol. The third kappa shape index (κ3) is 5.10. The van der Waals surface area contributed by atoms with Crippen LogP contribution < -0.4 is 5.32 Å². The van der Waals surface area contributed by atoms with Gasteiger partial charge in [-0.3, -0.25) is 10.1 Å². The van der Waals surface area contributed by atoms with Gasteiger partial charge in [0, 0.05) is 12.0 Å². The van der Waals surface area contributed by atoms with Crippen LogP contribution >= 0.6 is 0 Å². The number of hydrogen-bond donors (Lipinski definition) is 1. The van der Waals surface area contributed by atoms with E-state index in [1.165, 1.54) is 43.3 Å². The average Bonchev–Trinajstić information content (AvgIpc) is 3.20. The Bertz CT molecular complexity index is 1230. The number of amides is 1. The lowest BCUT2D eigenvalue weighted by Gasteiger charge is -2.04. The first-order valence-corrected chi connectivity index (χ1v) is 12.3. The van der Waals surface area contributed by atoms with Crippen molar-refractivity contribution in [2.75, 3.05) is 16.8 Å². The molecule has 1 amide bonds. The van der Waals surface area contributed by atoms with E-state index < -0.39 is 25.6 Å². The minimum atomic E-state index is -3.50. The Kier molecular flexibility index (Phi) is 6.32. The normalized spacial score (nSPS) is 11.9. The number of carbonyl (C=O) groups excluding carboxylic acids is 1. The zero-order chi connectivity index (χ0) is 21.8. The van der Waals surface area contributed by atoms with Crippen molar-refractivity contribution in [3.63, 3.8) is 0 Å². The van der Waals surface area contributed by atoms with Crippen molar-refractivity contribution in [3.05, 3.63) is 66.1 Å². The number of rotatable bonds is 8. The standard InChI is InChI=1S/C19H19N3O6S2/c1-2-29(24,25)16-10-8-14(9-11-16)18(23)20-19-22-21-17(28-19)12-13-30(26,27)15-6-4-3-5-7-15/h3-11H,2,12-13H2,1H3,(H,20,22,23). The number of aryl methyl sites for hydroxylation is 1. The van der Waals surface area contributed by atoms with Crippen LogP contribution in [0.15, 0.2) is 68.8 Å². The van der Waals surface area contributed by atoms with E-state index in [0.717, 1.165) is 0 Å². The summed E-state index contributed by atoms with van der Waals surface area (Å²) in [6, 6.07) is 13.3. The van der Waals surface area contributed by atoms with E-state index in [2.05, 4.69) is 15.5 Å². The zero-order valence-corrected chi connectivity index (χ0v) is 17.6. The molecule has 158 valence electrons. The van der Waals surface area contributed by atoms with E-state index in [0.29, 0.717) is 0 Å². The molecule has 0 aliphatic heterocycles. The van der Waals surface area contributed by atoms with E-state index in [1.54, 1.807) is 18.2 Å². The molecule has 1 heterocycles. The van der Waals surface area contributed by atoms with E-state index >= 15 is 0 Å². The molecule has 3 rings (SSSR count). The smallest absolute Gasteiger partial charge is 0.322 e. The number of anilines is 1. The van der Waals surface area contributed by atoms with Gasteiger partial charge in [0.1, 0.15) is 0 Å². The Morgan fingerprint density at radius 3 is 2.17 bits per heavy atom. The van der Waals surface area contributed by atoms with Crippen molar-refractivity contribution >= 4 is 31.6 Å². The van der Waals surface area contributed by atoms with Gasteiger partial charge in [-0.1, -0.05) is 30.2 Å². The maximum atomic E-state index is 12.3. The first kappa shape index (κ1) is 21.7. The van der Waals surface area contributed by atoms with E-state index in [-0.39, 0.29) is 45.2 Å². The second-order valence-corrected chi connectivity index (χ2v) is 10.7. The summed E-state index contributed by atoms with van der Waals surface area (Å²) in [5.41, 5.74) is 0.205. The van der Waals surface area contributed by atoms with Crippen LogP contribution in [0.3, 0.4) is 0 Å². The number of nitrogens with one attached hydrogen (secondary N) is 1. The molecule has 0 aliphatic carbocycles. The fraction of sp³-hybridized carbons (Fsp3) is 0.211. The highest BCUT2D eigenvalue weighted by atomic mass is 32.2. The molecule has 0 saturated carbocycles. The largest absolute Gasteiger partial charge is 0.408 e. The molecule has 0 saturated heterocycles. The topological polar surface area (TPSA) is 136 Å². The number of benzene rings is 2. The maximum Gasteiger partial charge on any atom is 0.322 e. The molecule has 3 aromatic rings. The first-order chi connectivity index (χ1) is 14.2. The molecule has 11 heteroatoms. The minimum Gasteiger partial charge on any atom is -0.408 e. The van der Waals surface area contributed by atoms with Crippen LogP contribution in [-0.2, 0) is 26.1 Å². The molecule has 30 heavy (non-hydrogen) atoms. The van der Waals surface area contributed by atoms with E-state index in [4.69, 9.17) is 4.42 Å². The molecule has 9 nitrogen and oxygen atoms in total. The SMILES string of the molecule is CCS(=O)(=O)c1ccc(C(=O)Nc2nnc(CCS(=O)(=O)c3ccccc3)o2)cc1. The first-order valence-electron chi connectivity index (χ1n) is 8.95. The van der Waals surface area contributed by atoms with Gasteiger partial charge in [0.25, 0.3) is 5.91 Å². The molecule has 1 aromatic heterocycles. The van der Waals surface area contributed by atoms with Gasteiger partial charge in [-0.15, -0.1) is 5.10 Å². The molecule has 0 atom stereocenters. The predicted molar refractivity (Wildman–Crippen MR) is 109 cm³/mol. The van der Waals surface area contributed by atoms with Crippen LogP contribution in [-0.4, -0.2) is 44.4 Å². The van der Waals surface area contributed by atoms with Crippen molar-refractivity contribution in [2.24, 2.45) is 0 Å². The van der Waals surface area contributed by atoms with Gasteiger partial charge in [0.15, 0.2) is 19.7 Å². The summed E-state index contributed by atoms with van der Waals surface area (Å²) in [5, 5.41) is 9.83. The molecule has 0 fully saturated rings. The molecule has 2 aromatic carbocycles. The summed E-state index contributed by atoms with van der Waals surface area (Å²) in [5.74, 6) is -0.764. The van der Waals surface area contributed by atoms with Gasteiger partial charge in [-0.25, -0.2) is 16.8 Å². The van der Waals surface area contributed by atoms with Gasteiger partial charge in [-0.05, 0) is 36.4 Å². The van der Waals surface area contributed by atoms with Crippen molar-refractivity contribution in [3.8, 4) is 0 Å². The highest BCUT2D eigenvalue weighted by Crippen LogP contribution is 2.15. The molecular formula is C19H19N3O6S2. The molecule has 0 unspecified atom stereocenters. The van der Waals surface area contributed by atoms with Gasteiger partial charge >= 0.3 is 6.01 Å². The van der Waals surface area contributed by atoms with Crippen LogP contribution in [0.1, 0.15) is 23.2 Å². The lowest BCUT2D eigenvalue weighted by atomic mass is 10.2. The highest BCUT2D eigenvalue weighted by Gasteiger charge is 2.18. The number of hydrogen-bond acceptors (Lipinski definition) is 8. The van der Waals surface area contributed by atoms with Crippen molar-refractivity contribution in [1.29, 1.82) is 0 Å². The van der Waals surface area contributed by atoms with Crippen LogP contribution in [0.5, 0.6) is 0 Å². The van der Waals surface area contributed by atoms with Crippen molar-refractivity contribution < 1.29 is 26.0 Å². The Morgan fingerprint density at radius 2 is 1.53 bits per heavy atom. The Morgan fingerprint density at radius 1 is 0.900 bits per heavy atom. The number of nitrogens with zero attached hydrogens (tertiary/aromatic N) is 2. The van der Waals surface area contributed by atoms with Crippen molar-refractivity contribution in [1.82, 2.24) is 10.2 Å². The minimum absolute atomic E-state index is 0.0102. The van der Waals surface area contributed by atoms with Gasteiger partial charge in [0.05, 0.1) is 21.3 Å². The van der Waals surface area contributed by atoms with E-state index in [9.17, 15) is 21.6 Å². The second-order valence-electron chi connectivity index (χ2n) is 6.26. The average molecular weight is 450 g/mol. The lowest BCUT2D eigenvalue weighted by Crippen LogP contribution is -2.12. The molecule has 1 N–H and O–H groups in total. The fourth-order valence-corrected chi connectivity index (χ4v) is 4.66. The maximum absolute atomic E-state index is 12.3.